The van der Waals surface area contributed by atoms with Crippen molar-refractivity contribution < 1.29 is 4.52 Å². The topological polar surface area (TPSA) is 95.7 Å². The van der Waals surface area contributed by atoms with E-state index in [1.807, 2.05) is 12.1 Å². The number of hydrogen-bond acceptors (Lipinski definition) is 7. The van der Waals surface area contributed by atoms with E-state index < -0.39 is 0 Å². The molecule has 0 spiro atoms. The molecule has 2 heterocycles. The fraction of sp³-hybridized carbons (Fsp3) is 0.286. The summed E-state index contributed by atoms with van der Waals surface area (Å²) in [6, 6.07) is 7.28. The van der Waals surface area contributed by atoms with Crippen molar-refractivity contribution in [2.75, 3.05) is 5.84 Å². The standard InChI is InChI=1S/C14H13ClN6OS/c15-10-5-3-8(4-6-10)12-17-11(22-20-12)7-23-14-19-18-13(21(14)16)9-1-2-9/h3-6,9H,1-2,7,16H2. The third-order valence-corrected chi connectivity index (χ3v) is 4.71. The summed E-state index contributed by atoms with van der Waals surface area (Å²) in [4.78, 5) is 4.37. The van der Waals surface area contributed by atoms with E-state index in [1.54, 1.807) is 16.8 Å². The molecule has 0 unspecified atom stereocenters. The molecule has 9 heteroatoms. The zero-order valence-electron chi connectivity index (χ0n) is 12.0. The van der Waals surface area contributed by atoms with Crippen molar-refractivity contribution >= 4 is 23.4 Å². The van der Waals surface area contributed by atoms with Crippen LogP contribution >= 0.6 is 23.4 Å². The Bertz CT molecular complexity index is 826. The van der Waals surface area contributed by atoms with Gasteiger partial charge in [0.05, 0.1) is 5.75 Å². The number of nitrogens with two attached hydrogens (primary N) is 1. The molecule has 0 atom stereocenters. The van der Waals surface area contributed by atoms with Crippen LogP contribution in [0.2, 0.25) is 5.02 Å². The lowest BCUT2D eigenvalue weighted by Crippen LogP contribution is -2.13. The number of nitrogens with zero attached hydrogens (tertiary/aromatic N) is 5. The molecule has 2 N–H and O–H groups in total. The molecule has 1 aliphatic rings. The van der Waals surface area contributed by atoms with Crippen molar-refractivity contribution in [1.82, 2.24) is 25.0 Å². The van der Waals surface area contributed by atoms with Crippen molar-refractivity contribution in [3.63, 3.8) is 0 Å². The quantitative estimate of drug-likeness (QED) is 0.559. The predicted octanol–water partition coefficient (Wildman–Crippen LogP) is 2.87. The monoisotopic (exact) mass is 348 g/mol. The minimum Gasteiger partial charge on any atom is -0.338 e. The Morgan fingerprint density at radius 3 is 2.78 bits per heavy atom. The maximum atomic E-state index is 6.01. The molecule has 1 fully saturated rings. The van der Waals surface area contributed by atoms with Gasteiger partial charge in [0, 0.05) is 16.5 Å². The summed E-state index contributed by atoms with van der Waals surface area (Å²) in [5.74, 6) is 8.85. The summed E-state index contributed by atoms with van der Waals surface area (Å²) < 4.78 is 6.82. The first-order valence-corrected chi connectivity index (χ1v) is 8.49. The average molecular weight is 349 g/mol. The molecule has 3 aromatic rings. The SMILES string of the molecule is Nn1c(SCc2nc(-c3ccc(Cl)cc3)no2)nnc1C1CC1. The van der Waals surface area contributed by atoms with Crippen molar-refractivity contribution in [3.8, 4) is 11.4 Å². The van der Waals surface area contributed by atoms with Crippen LogP contribution in [-0.2, 0) is 5.75 Å². The molecule has 1 aromatic carbocycles. The number of thioether (sulfide) groups is 1. The second-order valence-corrected chi connectivity index (χ2v) is 6.67. The first-order valence-electron chi connectivity index (χ1n) is 7.12. The summed E-state index contributed by atoms with van der Waals surface area (Å²) in [6.07, 6.45) is 2.27. The van der Waals surface area contributed by atoms with E-state index in [2.05, 4.69) is 20.3 Å². The molecule has 0 amide bonds. The van der Waals surface area contributed by atoms with E-state index in [1.165, 1.54) is 11.8 Å². The Morgan fingerprint density at radius 2 is 2.04 bits per heavy atom. The van der Waals surface area contributed by atoms with Gasteiger partial charge in [-0.3, -0.25) is 0 Å². The molecule has 23 heavy (non-hydrogen) atoms. The molecule has 1 saturated carbocycles. The number of halogens is 1. The van der Waals surface area contributed by atoms with Gasteiger partial charge in [0.1, 0.15) is 0 Å². The van der Waals surface area contributed by atoms with E-state index >= 15 is 0 Å². The van der Waals surface area contributed by atoms with Gasteiger partial charge in [0.15, 0.2) is 5.82 Å². The molecule has 2 aromatic heterocycles. The average Bonchev–Trinajstić information content (AvgIpc) is 3.17. The maximum absolute atomic E-state index is 6.01. The van der Waals surface area contributed by atoms with E-state index in [9.17, 15) is 0 Å². The van der Waals surface area contributed by atoms with Crippen molar-refractivity contribution in [1.29, 1.82) is 0 Å². The second-order valence-electron chi connectivity index (χ2n) is 5.29. The van der Waals surface area contributed by atoms with Gasteiger partial charge in [-0.25, -0.2) is 4.68 Å². The molecule has 0 bridgehead atoms. The van der Waals surface area contributed by atoms with Crippen LogP contribution in [0, 0.1) is 0 Å². The third-order valence-electron chi connectivity index (χ3n) is 3.53. The zero-order chi connectivity index (χ0) is 15.8. The highest BCUT2D eigenvalue weighted by Gasteiger charge is 2.30. The molecule has 7 nitrogen and oxygen atoms in total. The maximum Gasteiger partial charge on any atom is 0.237 e. The van der Waals surface area contributed by atoms with Crippen LogP contribution in [0.1, 0.15) is 30.5 Å². The number of hydrogen-bond donors (Lipinski definition) is 1. The van der Waals surface area contributed by atoms with Crippen LogP contribution < -0.4 is 5.84 Å². The molecular formula is C14H13ClN6OS. The molecule has 0 radical (unpaired) electrons. The fourth-order valence-electron chi connectivity index (χ4n) is 2.16. The predicted molar refractivity (Wildman–Crippen MR) is 86.5 cm³/mol. The number of aromatic nitrogens is 5. The van der Waals surface area contributed by atoms with E-state index in [-0.39, 0.29) is 0 Å². The van der Waals surface area contributed by atoms with Gasteiger partial charge < -0.3 is 10.4 Å². The number of benzene rings is 1. The fourth-order valence-corrected chi connectivity index (χ4v) is 2.99. The van der Waals surface area contributed by atoms with Gasteiger partial charge in [-0.05, 0) is 37.1 Å². The van der Waals surface area contributed by atoms with Gasteiger partial charge in [0.25, 0.3) is 0 Å². The van der Waals surface area contributed by atoms with E-state index in [4.69, 9.17) is 22.0 Å². The highest BCUT2D eigenvalue weighted by molar-refractivity contribution is 7.98. The van der Waals surface area contributed by atoms with Gasteiger partial charge >= 0.3 is 0 Å². The van der Waals surface area contributed by atoms with Crippen LogP contribution in [0.4, 0.5) is 0 Å². The van der Waals surface area contributed by atoms with Crippen molar-refractivity contribution in [2.45, 2.75) is 29.7 Å². The van der Waals surface area contributed by atoms with Gasteiger partial charge in [-0.15, -0.1) is 10.2 Å². The number of nitrogen functional groups attached to an aromatic ring is 1. The summed E-state index contributed by atoms with van der Waals surface area (Å²) in [5, 5.41) is 13.5. The molecular weight excluding hydrogens is 336 g/mol. The van der Waals surface area contributed by atoms with Gasteiger partial charge in [-0.2, -0.15) is 4.98 Å². The highest BCUT2D eigenvalue weighted by atomic mass is 35.5. The lowest BCUT2D eigenvalue weighted by molar-refractivity contribution is 0.391. The molecule has 0 saturated heterocycles. The number of rotatable bonds is 5. The first kappa shape index (κ1) is 14.5. The Balaban J connectivity index is 1.44. The van der Waals surface area contributed by atoms with Crippen LogP contribution in [0.25, 0.3) is 11.4 Å². The third kappa shape index (κ3) is 3.04. The van der Waals surface area contributed by atoms with Gasteiger partial charge in [0.2, 0.25) is 16.9 Å². The first-order chi connectivity index (χ1) is 11.2. The molecule has 4 rings (SSSR count). The van der Waals surface area contributed by atoms with Crippen LogP contribution in [0.15, 0.2) is 33.9 Å². The molecule has 118 valence electrons. The summed E-state index contributed by atoms with van der Waals surface area (Å²) in [5.41, 5.74) is 0.854. The zero-order valence-corrected chi connectivity index (χ0v) is 13.6. The van der Waals surface area contributed by atoms with Gasteiger partial charge in [-0.1, -0.05) is 28.5 Å². The summed E-state index contributed by atoms with van der Waals surface area (Å²) in [6.45, 7) is 0. The van der Waals surface area contributed by atoms with Crippen molar-refractivity contribution in [2.24, 2.45) is 0 Å². The molecule has 0 aliphatic heterocycles. The Kier molecular flexibility index (Phi) is 3.70. The van der Waals surface area contributed by atoms with E-state index in [0.717, 1.165) is 24.2 Å². The summed E-state index contributed by atoms with van der Waals surface area (Å²) in [7, 11) is 0. The lowest BCUT2D eigenvalue weighted by Gasteiger charge is -2.00. The second kappa shape index (κ2) is 5.86. The molecule has 1 aliphatic carbocycles. The summed E-state index contributed by atoms with van der Waals surface area (Å²) >= 11 is 7.29. The van der Waals surface area contributed by atoms with E-state index in [0.29, 0.717) is 33.6 Å². The minimum atomic E-state index is 0.460. The Morgan fingerprint density at radius 1 is 1.26 bits per heavy atom. The van der Waals surface area contributed by atoms with Crippen molar-refractivity contribution in [3.05, 3.63) is 41.0 Å². The largest absolute Gasteiger partial charge is 0.338 e. The smallest absolute Gasteiger partial charge is 0.237 e. The Hall–Kier alpha value is -2.06. The van der Waals surface area contributed by atoms with Crippen LogP contribution in [0.3, 0.4) is 0 Å². The van der Waals surface area contributed by atoms with Crippen LogP contribution in [0.5, 0.6) is 0 Å². The highest BCUT2D eigenvalue weighted by Crippen LogP contribution is 2.39. The minimum absolute atomic E-state index is 0.460. The Labute approximate surface area is 141 Å². The normalized spacial score (nSPS) is 14.3. The lowest BCUT2D eigenvalue weighted by atomic mass is 10.2. The van der Waals surface area contributed by atoms with Crippen LogP contribution in [-0.4, -0.2) is 25.0 Å².